The van der Waals surface area contributed by atoms with Gasteiger partial charge >= 0.3 is 0 Å². The lowest BCUT2D eigenvalue weighted by Gasteiger charge is -2.33. The van der Waals surface area contributed by atoms with E-state index in [0.717, 1.165) is 28.5 Å². The summed E-state index contributed by atoms with van der Waals surface area (Å²) >= 11 is 5.75. The summed E-state index contributed by atoms with van der Waals surface area (Å²) in [4.78, 5) is 38.4. The number of carbonyl (C=O) groups excluding carboxylic acids is 2. The summed E-state index contributed by atoms with van der Waals surface area (Å²) in [5.74, 6) is 0.648. The second kappa shape index (κ2) is 20.8. The maximum atomic E-state index is 14.5. The van der Waals surface area contributed by atoms with Crippen molar-refractivity contribution < 1.29 is 9.59 Å². The average Bonchev–Trinajstić information content (AvgIpc) is 3.97. The third-order valence-corrected chi connectivity index (χ3v) is 23.4. The first-order chi connectivity index (χ1) is 27.2. The largest absolute Gasteiger partial charge is 0.274 e. The molecule has 2 amide bonds. The number of hydrogen-bond donors (Lipinski definition) is 0. The Morgan fingerprint density at radius 2 is 1.11 bits per heavy atom. The van der Waals surface area contributed by atoms with Gasteiger partial charge in [-0.3, -0.25) is 14.5 Å². The molecule has 0 spiro atoms. The highest BCUT2D eigenvalue weighted by atomic mass is 32.1. The molecule has 2 aliphatic rings. The third kappa shape index (κ3) is 10.7. The van der Waals surface area contributed by atoms with Crippen LogP contribution >= 0.6 is 34.0 Å². The van der Waals surface area contributed by atoms with E-state index in [1.165, 1.54) is 142 Å². The highest BCUT2D eigenvalue weighted by Crippen LogP contribution is 2.52. The van der Waals surface area contributed by atoms with Crippen LogP contribution in [-0.4, -0.2) is 31.3 Å². The molecule has 0 aromatic carbocycles. The molecule has 7 heteroatoms. The van der Waals surface area contributed by atoms with Crippen LogP contribution in [-0.2, 0) is 10.8 Å². The summed E-state index contributed by atoms with van der Waals surface area (Å²) in [7, 11) is -2.12. The maximum absolute atomic E-state index is 14.5. The molecule has 2 atom stereocenters. The van der Waals surface area contributed by atoms with E-state index in [9.17, 15) is 9.59 Å². The van der Waals surface area contributed by atoms with Gasteiger partial charge in [-0.1, -0.05) is 191 Å². The average molecular weight is 850 g/mol. The van der Waals surface area contributed by atoms with Crippen LogP contribution in [0.15, 0.2) is 12.1 Å². The first-order valence-corrected chi connectivity index (χ1v) is 28.4. The van der Waals surface area contributed by atoms with E-state index in [1.54, 1.807) is 31.5 Å². The molecule has 5 heterocycles. The van der Waals surface area contributed by atoms with Crippen molar-refractivity contribution in [3.63, 3.8) is 0 Å². The summed E-state index contributed by atoms with van der Waals surface area (Å²) in [6.07, 6.45) is 25.6. The van der Waals surface area contributed by atoms with Crippen molar-refractivity contribution >= 4 is 64.3 Å². The molecular weight excluding hydrogens is 771 g/mol. The lowest BCUT2D eigenvalue weighted by atomic mass is 9.90. The summed E-state index contributed by atoms with van der Waals surface area (Å²) in [6, 6.07) is 7.93. The van der Waals surface area contributed by atoms with Crippen LogP contribution in [0.1, 0.15) is 228 Å². The first-order valence-electron chi connectivity index (χ1n) is 23.6. The van der Waals surface area contributed by atoms with E-state index in [2.05, 4.69) is 92.7 Å². The van der Waals surface area contributed by atoms with Crippen molar-refractivity contribution in [2.75, 3.05) is 6.54 Å². The van der Waals surface area contributed by atoms with Gasteiger partial charge in [-0.2, -0.15) is 0 Å². The van der Waals surface area contributed by atoms with Crippen molar-refractivity contribution in [2.24, 2.45) is 5.92 Å². The number of carbonyl (C=O) groups is 2. The molecule has 0 radical (unpaired) electrons. The fourth-order valence-electron chi connectivity index (χ4n) is 9.55. The number of fused-ring (bicyclic) bond motifs is 4. The number of unbranched alkanes of at least 4 members (excludes halogenated alkanes) is 15. The minimum absolute atomic E-state index is 0.0470. The molecule has 57 heavy (non-hydrogen) atoms. The van der Waals surface area contributed by atoms with Gasteiger partial charge in [-0.15, -0.1) is 34.0 Å². The Bertz CT molecular complexity index is 1770. The summed E-state index contributed by atoms with van der Waals surface area (Å²) in [5, 5.41) is 3.39. The van der Waals surface area contributed by atoms with E-state index in [-0.39, 0.29) is 22.6 Å². The Hall–Kier alpha value is -1.54. The van der Waals surface area contributed by atoms with Gasteiger partial charge in [0.15, 0.2) is 0 Å². The molecule has 0 fully saturated rings. The Labute approximate surface area is 362 Å². The van der Waals surface area contributed by atoms with E-state index in [4.69, 9.17) is 0 Å². The third-order valence-electron chi connectivity index (χ3n) is 13.0. The van der Waals surface area contributed by atoms with Crippen LogP contribution in [0.5, 0.6) is 0 Å². The zero-order valence-corrected chi connectivity index (χ0v) is 41.4. The molecule has 0 saturated heterocycles. The molecule has 318 valence electrons. The zero-order valence-electron chi connectivity index (χ0n) is 38.0. The number of rotatable bonds is 25. The Balaban J connectivity index is 1.50. The van der Waals surface area contributed by atoms with E-state index >= 15 is 0 Å². The SMILES string of the molecule is CCCCCCCCCCCCN1C(=O)c2c(-c3cc4c(s3)-c3sc(C(C)(C)C)cc3[Si]4(CCCCCCCC)CC(CC)CCCC)sc(C(C)(C)C)c2C1=O. The van der Waals surface area contributed by atoms with Crippen LogP contribution < -0.4 is 10.4 Å². The number of thiophene rings is 3. The summed E-state index contributed by atoms with van der Waals surface area (Å²) in [6.45, 7) is 23.7. The number of amides is 2. The van der Waals surface area contributed by atoms with Gasteiger partial charge in [-0.25, -0.2) is 0 Å². The molecular formula is C50H79NO2S3Si. The van der Waals surface area contributed by atoms with Crippen LogP contribution in [0.4, 0.5) is 0 Å². The van der Waals surface area contributed by atoms with Crippen molar-refractivity contribution in [1.82, 2.24) is 4.90 Å². The number of hydrogen-bond acceptors (Lipinski definition) is 5. The quantitative estimate of drug-likeness (QED) is 0.0484. The van der Waals surface area contributed by atoms with Gasteiger partial charge in [0.05, 0.1) is 16.0 Å². The van der Waals surface area contributed by atoms with E-state index in [1.807, 2.05) is 11.3 Å². The van der Waals surface area contributed by atoms with Crippen LogP contribution in [0, 0.1) is 5.92 Å². The second-order valence-electron chi connectivity index (χ2n) is 19.9. The Morgan fingerprint density at radius 1 is 0.579 bits per heavy atom. The van der Waals surface area contributed by atoms with Crippen molar-refractivity contribution in [3.05, 3.63) is 33.0 Å². The minimum atomic E-state index is -2.12. The fourth-order valence-corrected chi connectivity index (χ4v) is 21.0. The van der Waals surface area contributed by atoms with E-state index in [0.29, 0.717) is 17.7 Å². The second-order valence-corrected chi connectivity index (χ2v) is 27.2. The minimum Gasteiger partial charge on any atom is -0.274 e. The van der Waals surface area contributed by atoms with Crippen molar-refractivity contribution in [1.29, 1.82) is 0 Å². The fraction of sp³-hybridized carbons (Fsp3) is 0.720. The lowest BCUT2D eigenvalue weighted by Crippen LogP contribution is -2.55. The normalized spacial score (nSPS) is 17.2. The van der Waals surface area contributed by atoms with Crippen LogP contribution in [0.2, 0.25) is 12.1 Å². The molecule has 0 bridgehead atoms. The topological polar surface area (TPSA) is 37.4 Å². The molecule has 3 aromatic heterocycles. The van der Waals surface area contributed by atoms with Gasteiger partial charge in [0.2, 0.25) is 0 Å². The maximum Gasteiger partial charge on any atom is 0.263 e. The molecule has 2 unspecified atom stereocenters. The summed E-state index contributed by atoms with van der Waals surface area (Å²) in [5.41, 5.74) is 1.31. The predicted molar refractivity (Wildman–Crippen MR) is 257 cm³/mol. The van der Waals surface area contributed by atoms with Crippen molar-refractivity contribution in [3.8, 4) is 19.5 Å². The molecule has 3 nitrogen and oxygen atoms in total. The van der Waals surface area contributed by atoms with Crippen LogP contribution in [0.25, 0.3) is 19.5 Å². The van der Waals surface area contributed by atoms with Gasteiger partial charge in [0.25, 0.3) is 11.8 Å². The molecule has 3 aromatic rings. The highest BCUT2D eigenvalue weighted by molar-refractivity contribution is 7.32. The monoisotopic (exact) mass is 850 g/mol. The molecule has 0 aliphatic carbocycles. The summed E-state index contributed by atoms with van der Waals surface area (Å²) < 4.78 is 0. The van der Waals surface area contributed by atoms with Gasteiger partial charge in [-0.05, 0) is 57.8 Å². The Kier molecular flexibility index (Phi) is 17.0. The smallest absolute Gasteiger partial charge is 0.263 e. The lowest BCUT2D eigenvalue weighted by molar-refractivity contribution is 0.0650. The van der Waals surface area contributed by atoms with Gasteiger partial charge in [0, 0.05) is 30.9 Å². The Morgan fingerprint density at radius 3 is 1.67 bits per heavy atom. The molecule has 0 saturated carbocycles. The zero-order chi connectivity index (χ0) is 41.4. The molecule has 0 N–H and O–H groups in total. The van der Waals surface area contributed by atoms with Gasteiger partial charge in [0.1, 0.15) is 8.07 Å². The standard InChI is InChI=1S/C50H79NO2S3Si/c1-11-15-18-20-22-23-24-25-26-28-31-51-47(52)41-42(48(51)53)46(50(8,9)10)56-43(41)37-33-38-44(54-37)45-39(34-40(55-45)49(5,6)7)57(38,32-29-27-21-19-16-12-2)35-36(14-4)30-17-13-3/h33-34,36H,11-32,35H2,1-10H3. The molecule has 5 rings (SSSR count). The van der Waals surface area contributed by atoms with Crippen LogP contribution in [0.3, 0.4) is 0 Å². The number of nitrogens with zero attached hydrogens (tertiary/aromatic N) is 1. The highest BCUT2D eigenvalue weighted by Gasteiger charge is 2.50. The molecule has 2 aliphatic heterocycles. The van der Waals surface area contributed by atoms with E-state index < -0.39 is 8.07 Å². The van der Waals surface area contributed by atoms with Gasteiger partial charge < -0.3 is 0 Å². The first kappa shape index (κ1) is 46.5. The predicted octanol–water partition coefficient (Wildman–Crippen LogP) is 15.8. The number of imide groups is 1. The van der Waals surface area contributed by atoms with Crippen molar-refractivity contribution in [2.45, 2.75) is 221 Å².